The average molecular weight is 584 g/mol. The number of rotatable bonds is 6. The van der Waals surface area contributed by atoms with E-state index in [1.54, 1.807) is 0 Å². The molecule has 1 aliphatic heterocycles. The van der Waals surface area contributed by atoms with Gasteiger partial charge in [-0.3, -0.25) is 0 Å². The Morgan fingerprint density at radius 2 is 1.14 bits per heavy atom. The maximum atomic E-state index is 6.30. The van der Waals surface area contributed by atoms with Crippen molar-refractivity contribution in [2.24, 2.45) is 4.99 Å². The molecule has 0 saturated carbocycles. The van der Waals surface area contributed by atoms with Crippen molar-refractivity contribution in [1.82, 2.24) is 0 Å². The second-order valence-electron chi connectivity index (χ2n) is 11.1. The standard InChI is InChI=1S/C41H30NOP/c1-4-15-30(16-5-1)38-28-43-41(42-38)32-26-31-17-11-12-22-35(31)37(27-32)40-36-23-13-10-14-29(36)24-25-39(40)44(33-18-6-2-7-19-33)34-20-8-3-9-21-34/h1-27,38H,28H2/t38-/m1/s1. The van der Waals surface area contributed by atoms with Crippen molar-refractivity contribution in [2.75, 3.05) is 6.61 Å². The van der Waals surface area contributed by atoms with Crippen molar-refractivity contribution >= 4 is 51.3 Å². The van der Waals surface area contributed by atoms with Crippen molar-refractivity contribution in [1.29, 1.82) is 0 Å². The zero-order valence-electron chi connectivity index (χ0n) is 24.2. The Kier molecular flexibility index (Phi) is 6.99. The van der Waals surface area contributed by atoms with Crippen LogP contribution in [0.3, 0.4) is 0 Å². The Morgan fingerprint density at radius 3 is 1.84 bits per heavy atom. The van der Waals surface area contributed by atoms with Gasteiger partial charge in [0, 0.05) is 5.56 Å². The molecule has 0 amide bonds. The molecular formula is C41H30NOP. The van der Waals surface area contributed by atoms with Crippen molar-refractivity contribution in [3.05, 3.63) is 175 Å². The summed E-state index contributed by atoms with van der Waals surface area (Å²) in [5, 5.41) is 8.90. The van der Waals surface area contributed by atoms with Crippen LogP contribution in [0.15, 0.2) is 169 Å². The fourth-order valence-electron chi connectivity index (χ4n) is 6.33. The van der Waals surface area contributed by atoms with Crippen LogP contribution < -0.4 is 15.9 Å². The zero-order chi connectivity index (χ0) is 29.3. The van der Waals surface area contributed by atoms with E-state index < -0.39 is 7.92 Å². The number of ether oxygens (including phenoxy) is 1. The number of hydrogen-bond donors (Lipinski definition) is 0. The lowest BCUT2D eigenvalue weighted by Crippen LogP contribution is -2.22. The normalized spacial score (nSPS) is 14.6. The smallest absolute Gasteiger partial charge is 0.216 e. The summed E-state index contributed by atoms with van der Waals surface area (Å²) in [6.45, 7) is 0.550. The first-order valence-electron chi connectivity index (χ1n) is 15.0. The molecule has 44 heavy (non-hydrogen) atoms. The summed E-state index contributed by atoms with van der Waals surface area (Å²) in [5.74, 6) is 0.709. The molecule has 0 aromatic heterocycles. The molecule has 2 nitrogen and oxygen atoms in total. The van der Waals surface area contributed by atoms with Gasteiger partial charge in [0.25, 0.3) is 0 Å². The second kappa shape index (κ2) is 11.6. The molecule has 7 aromatic rings. The first kappa shape index (κ1) is 26.6. The van der Waals surface area contributed by atoms with Gasteiger partial charge in [-0.1, -0.05) is 152 Å². The lowest BCUT2D eigenvalue weighted by molar-refractivity contribution is 0.320. The Morgan fingerprint density at radius 1 is 0.545 bits per heavy atom. The molecule has 0 saturated heterocycles. The third kappa shape index (κ3) is 4.88. The number of benzene rings is 7. The van der Waals surface area contributed by atoms with E-state index in [4.69, 9.17) is 9.73 Å². The summed E-state index contributed by atoms with van der Waals surface area (Å²) >= 11 is 0. The Balaban J connectivity index is 1.40. The van der Waals surface area contributed by atoms with Gasteiger partial charge in [0.05, 0.1) is 0 Å². The van der Waals surface area contributed by atoms with Crippen LogP contribution in [0, 0.1) is 0 Å². The first-order chi connectivity index (χ1) is 21.8. The molecular weight excluding hydrogens is 553 g/mol. The van der Waals surface area contributed by atoms with Gasteiger partial charge in [-0.2, -0.15) is 0 Å². The van der Waals surface area contributed by atoms with Crippen molar-refractivity contribution in [3.63, 3.8) is 0 Å². The fourth-order valence-corrected chi connectivity index (χ4v) is 8.81. The summed E-state index contributed by atoms with van der Waals surface area (Å²) in [4.78, 5) is 5.08. The fraction of sp³-hybridized carbons (Fsp3) is 0.0488. The predicted octanol–water partition coefficient (Wildman–Crippen LogP) is 8.94. The minimum Gasteiger partial charge on any atom is -0.475 e. The molecule has 0 spiro atoms. The summed E-state index contributed by atoms with van der Waals surface area (Å²) in [6.07, 6.45) is 0. The summed E-state index contributed by atoms with van der Waals surface area (Å²) in [7, 11) is -0.838. The van der Waals surface area contributed by atoms with Crippen LogP contribution in [0.4, 0.5) is 0 Å². The van der Waals surface area contributed by atoms with Crippen LogP contribution in [0.1, 0.15) is 17.2 Å². The van der Waals surface area contributed by atoms with Crippen LogP contribution in [0.25, 0.3) is 32.7 Å². The van der Waals surface area contributed by atoms with Crippen LogP contribution in [0.2, 0.25) is 0 Å². The second-order valence-corrected chi connectivity index (χ2v) is 13.3. The highest BCUT2D eigenvalue weighted by atomic mass is 31.1. The van der Waals surface area contributed by atoms with Gasteiger partial charge >= 0.3 is 0 Å². The third-order valence-corrected chi connectivity index (χ3v) is 10.9. The summed E-state index contributed by atoms with van der Waals surface area (Å²) in [6, 6.07) is 59.0. The lowest BCUT2D eigenvalue weighted by Gasteiger charge is -2.25. The molecule has 0 fully saturated rings. The van der Waals surface area contributed by atoms with Crippen molar-refractivity contribution in [3.8, 4) is 11.1 Å². The topological polar surface area (TPSA) is 21.6 Å². The van der Waals surface area contributed by atoms with Gasteiger partial charge in [0.15, 0.2) is 0 Å². The molecule has 0 bridgehead atoms. The highest BCUT2D eigenvalue weighted by Crippen LogP contribution is 2.42. The van der Waals surface area contributed by atoms with Gasteiger partial charge in [0.1, 0.15) is 12.6 Å². The first-order valence-corrected chi connectivity index (χ1v) is 16.4. The molecule has 1 aliphatic rings. The van der Waals surface area contributed by atoms with E-state index in [0.29, 0.717) is 12.5 Å². The van der Waals surface area contributed by atoms with Gasteiger partial charge in [-0.25, -0.2) is 4.99 Å². The Hall–Kier alpha value is -5.04. The molecule has 210 valence electrons. The zero-order valence-corrected chi connectivity index (χ0v) is 25.1. The highest BCUT2D eigenvalue weighted by Gasteiger charge is 2.26. The molecule has 7 aromatic carbocycles. The molecule has 0 N–H and O–H groups in total. The average Bonchev–Trinajstić information content (AvgIpc) is 3.60. The third-order valence-electron chi connectivity index (χ3n) is 8.39. The minimum absolute atomic E-state index is 0.00163. The maximum Gasteiger partial charge on any atom is 0.216 e. The summed E-state index contributed by atoms with van der Waals surface area (Å²) < 4.78 is 6.30. The molecule has 8 rings (SSSR count). The number of aliphatic imine (C=N–C) groups is 1. The monoisotopic (exact) mass is 583 g/mol. The van der Waals surface area contributed by atoms with Gasteiger partial charge < -0.3 is 4.74 Å². The lowest BCUT2D eigenvalue weighted by atomic mass is 9.92. The van der Waals surface area contributed by atoms with E-state index in [1.165, 1.54) is 54.1 Å². The van der Waals surface area contributed by atoms with Crippen LogP contribution >= 0.6 is 7.92 Å². The highest BCUT2D eigenvalue weighted by molar-refractivity contribution is 7.80. The quantitative estimate of drug-likeness (QED) is 0.179. The largest absolute Gasteiger partial charge is 0.475 e. The van der Waals surface area contributed by atoms with E-state index in [2.05, 4.69) is 158 Å². The van der Waals surface area contributed by atoms with Crippen molar-refractivity contribution in [2.45, 2.75) is 6.04 Å². The molecule has 1 heterocycles. The Labute approximate surface area is 259 Å². The molecule has 1 atom stereocenters. The Bertz CT molecular complexity index is 2080. The van der Waals surface area contributed by atoms with E-state index in [0.717, 1.165) is 5.56 Å². The SMILES string of the molecule is c1ccc([C@H]2COC(c3cc(-c4c(P(c5ccccc5)c5ccccc5)ccc5ccccc45)c4ccccc4c3)=N2)cc1. The van der Waals surface area contributed by atoms with E-state index in [-0.39, 0.29) is 6.04 Å². The van der Waals surface area contributed by atoms with Gasteiger partial charge in [-0.05, 0) is 74.2 Å². The minimum atomic E-state index is -0.838. The van der Waals surface area contributed by atoms with E-state index in [1.807, 2.05) is 6.07 Å². The predicted molar refractivity (Wildman–Crippen MR) is 187 cm³/mol. The number of hydrogen-bond acceptors (Lipinski definition) is 2. The molecule has 0 radical (unpaired) electrons. The van der Waals surface area contributed by atoms with E-state index >= 15 is 0 Å². The number of fused-ring (bicyclic) bond motifs is 2. The van der Waals surface area contributed by atoms with Crippen molar-refractivity contribution < 1.29 is 4.74 Å². The number of nitrogens with zero attached hydrogens (tertiary/aromatic N) is 1. The van der Waals surface area contributed by atoms with Crippen LogP contribution in [0.5, 0.6) is 0 Å². The van der Waals surface area contributed by atoms with E-state index in [9.17, 15) is 0 Å². The van der Waals surface area contributed by atoms with Gasteiger partial charge in [-0.15, -0.1) is 0 Å². The maximum absolute atomic E-state index is 6.30. The van der Waals surface area contributed by atoms with Crippen LogP contribution in [-0.2, 0) is 4.74 Å². The molecule has 3 heteroatoms. The van der Waals surface area contributed by atoms with Crippen LogP contribution in [-0.4, -0.2) is 12.5 Å². The summed E-state index contributed by atoms with van der Waals surface area (Å²) in [5.41, 5.74) is 4.67. The molecule has 0 aliphatic carbocycles. The van der Waals surface area contributed by atoms with Gasteiger partial charge in [0.2, 0.25) is 5.90 Å². The molecule has 0 unspecified atom stereocenters.